The first-order chi connectivity index (χ1) is 7.77. The Bertz CT molecular complexity index is 329. The zero-order valence-corrected chi connectivity index (χ0v) is 10.2. The second-order valence-corrected chi connectivity index (χ2v) is 5.02. The number of rotatable bonds is 3. The van der Waals surface area contributed by atoms with Gasteiger partial charge in [0.15, 0.2) is 0 Å². The van der Waals surface area contributed by atoms with Gasteiger partial charge >= 0.3 is 0 Å². The topological polar surface area (TPSA) is 38.9 Å². The van der Waals surface area contributed by atoms with Gasteiger partial charge in [0.2, 0.25) is 0 Å². The molecule has 0 saturated heterocycles. The van der Waals surface area contributed by atoms with Crippen LogP contribution in [0.1, 0.15) is 55.8 Å². The van der Waals surface area contributed by atoms with Crippen molar-refractivity contribution in [1.82, 2.24) is 4.98 Å². The molecule has 0 bridgehead atoms. The van der Waals surface area contributed by atoms with Crippen LogP contribution in [-0.2, 0) is 0 Å². The van der Waals surface area contributed by atoms with E-state index in [2.05, 4.69) is 18.0 Å². The summed E-state index contributed by atoms with van der Waals surface area (Å²) >= 11 is 0. The van der Waals surface area contributed by atoms with Crippen molar-refractivity contribution in [3.8, 4) is 0 Å². The van der Waals surface area contributed by atoms with Crippen LogP contribution in [0.5, 0.6) is 0 Å². The summed E-state index contributed by atoms with van der Waals surface area (Å²) < 4.78 is 0. The Morgan fingerprint density at radius 1 is 1.38 bits per heavy atom. The van der Waals surface area contributed by atoms with E-state index in [-0.39, 0.29) is 6.04 Å². The van der Waals surface area contributed by atoms with Crippen molar-refractivity contribution < 1.29 is 0 Å². The zero-order valence-electron chi connectivity index (χ0n) is 10.2. The number of nitrogens with zero attached hydrogens (tertiary/aromatic N) is 1. The average Bonchev–Trinajstić information content (AvgIpc) is 2.31. The lowest BCUT2D eigenvalue weighted by Crippen LogP contribution is -2.18. The molecule has 1 saturated carbocycles. The SMILES string of the molecule is Cc1ncccc1C(N)CC1CCCCC1. The third kappa shape index (κ3) is 2.82. The van der Waals surface area contributed by atoms with Gasteiger partial charge in [0.1, 0.15) is 0 Å². The molecule has 2 nitrogen and oxygen atoms in total. The summed E-state index contributed by atoms with van der Waals surface area (Å²) in [6.07, 6.45) is 9.91. The molecule has 1 aromatic heterocycles. The first-order valence-electron chi connectivity index (χ1n) is 6.44. The van der Waals surface area contributed by atoms with Crippen molar-refractivity contribution in [3.05, 3.63) is 29.6 Å². The van der Waals surface area contributed by atoms with E-state index in [1.165, 1.54) is 37.7 Å². The van der Waals surface area contributed by atoms with Crippen LogP contribution in [-0.4, -0.2) is 4.98 Å². The first kappa shape index (κ1) is 11.6. The van der Waals surface area contributed by atoms with Gasteiger partial charge in [-0.1, -0.05) is 38.2 Å². The van der Waals surface area contributed by atoms with E-state index in [1.54, 1.807) is 0 Å². The van der Waals surface area contributed by atoms with Crippen LogP contribution in [0.2, 0.25) is 0 Å². The Morgan fingerprint density at radius 3 is 2.81 bits per heavy atom. The summed E-state index contributed by atoms with van der Waals surface area (Å²) in [6.45, 7) is 2.05. The fourth-order valence-corrected chi connectivity index (χ4v) is 2.80. The Morgan fingerprint density at radius 2 is 2.12 bits per heavy atom. The van der Waals surface area contributed by atoms with Crippen LogP contribution in [0, 0.1) is 12.8 Å². The van der Waals surface area contributed by atoms with E-state index in [4.69, 9.17) is 5.73 Å². The van der Waals surface area contributed by atoms with Gasteiger partial charge in [-0.2, -0.15) is 0 Å². The molecule has 2 rings (SSSR count). The Balaban J connectivity index is 1.96. The minimum absolute atomic E-state index is 0.178. The molecule has 1 fully saturated rings. The normalized spacial score (nSPS) is 19.6. The molecular formula is C14H22N2. The number of pyridine rings is 1. The van der Waals surface area contributed by atoms with Crippen LogP contribution in [0.25, 0.3) is 0 Å². The van der Waals surface area contributed by atoms with Gasteiger partial charge in [0.25, 0.3) is 0 Å². The maximum atomic E-state index is 6.29. The molecular weight excluding hydrogens is 196 g/mol. The van der Waals surface area contributed by atoms with Gasteiger partial charge in [-0.25, -0.2) is 0 Å². The van der Waals surface area contributed by atoms with E-state index in [0.29, 0.717) is 0 Å². The molecule has 16 heavy (non-hydrogen) atoms. The average molecular weight is 218 g/mol. The molecule has 1 aromatic rings. The third-order valence-electron chi connectivity index (χ3n) is 3.76. The predicted octanol–water partition coefficient (Wildman–Crippen LogP) is 3.36. The standard InChI is InChI=1S/C14H22N2/c1-11-13(8-5-9-16-11)14(15)10-12-6-3-2-4-7-12/h5,8-9,12,14H,2-4,6-7,10,15H2,1H3. The summed E-state index contributed by atoms with van der Waals surface area (Å²) in [5.41, 5.74) is 8.61. The molecule has 2 heteroatoms. The largest absolute Gasteiger partial charge is 0.324 e. The molecule has 88 valence electrons. The zero-order chi connectivity index (χ0) is 11.4. The van der Waals surface area contributed by atoms with Crippen molar-refractivity contribution in [2.75, 3.05) is 0 Å². The van der Waals surface area contributed by atoms with E-state index in [1.807, 2.05) is 12.3 Å². The van der Waals surface area contributed by atoms with Gasteiger partial charge < -0.3 is 5.73 Å². The lowest BCUT2D eigenvalue weighted by molar-refractivity contribution is 0.319. The molecule has 0 aromatic carbocycles. The molecule has 1 heterocycles. The van der Waals surface area contributed by atoms with E-state index in [0.717, 1.165) is 18.0 Å². The molecule has 1 aliphatic rings. The molecule has 1 atom stereocenters. The van der Waals surface area contributed by atoms with Gasteiger partial charge in [-0.15, -0.1) is 0 Å². The second kappa shape index (κ2) is 5.44. The molecule has 0 aliphatic heterocycles. The molecule has 1 unspecified atom stereocenters. The van der Waals surface area contributed by atoms with Crippen molar-refractivity contribution in [2.24, 2.45) is 11.7 Å². The van der Waals surface area contributed by atoms with Crippen molar-refractivity contribution >= 4 is 0 Å². The molecule has 0 amide bonds. The quantitative estimate of drug-likeness (QED) is 0.845. The highest BCUT2D eigenvalue weighted by molar-refractivity contribution is 5.22. The van der Waals surface area contributed by atoms with Crippen LogP contribution < -0.4 is 5.73 Å². The fourth-order valence-electron chi connectivity index (χ4n) is 2.80. The maximum absolute atomic E-state index is 6.29. The van der Waals surface area contributed by atoms with Crippen molar-refractivity contribution in [1.29, 1.82) is 0 Å². The summed E-state index contributed by atoms with van der Waals surface area (Å²) in [5, 5.41) is 0. The number of aromatic nitrogens is 1. The highest BCUT2D eigenvalue weighted by atomic mass is 14.7. The van der Waals surface area contributed by atoms with Crippen LogP contribution in [0.15, 0.2) is 18.3 Å². The lowest BCUT2D eigenvalue weighted by Gasteiger charge is -2.25. The summed E-state index contributed by atoms with van der Waals surface area (Å²) in [6, 6.07) is 4.29. The Kier molecular flexibility index (Phi) is 3.94. The lowest BCUT2D eigenvalue weighted by atomic mass is 9.83. The minimum atomic E-state index is 0.178. The second-order valence-electron chi connectivity index (χ2n) is 5.02. The van der Waals surface area contributed by atoms with Crippen LogP contribution >= 0.6 is 0 Å². The predicted molar refractivity (Wildman–Crippen MR) is 67.1 cm³/mol. The van der Waals surface area contributed by atoms with E-state index >= 15 is 0 Å². The number of hydrogen-bond acceptors (Lipinski definition) is 2. The van der Waals surface area contributed by atoms with Crippen LogP contribution in [0.3, 0.4) is 0 Å². The molecule has 0 spiro atoms. The molecule has 0 radical (unpaired) electrons. The van der Waals surface area contributed by atoms with Gasteiger partial charge in [-0.05, 0) is 30.9 Å². The summed E-state index contributed by atoms with van der Waals surface area (Å²) in [5.74, 6) is 0.836. The smallest absolute Gasteiger partial charge is 0.0420 e. The number of hydrogen-bond donors (Lipinski definition) is 1. The van der Waals surface area contributed by atoms with E-state index in [9.17, 15) is 0 Å². The number of nitrogens with two attached hydrogens (primary N) is 1. The maximum Gasteiger partial charge on any atom is 0.0420 e. The Labute approximate surface area is 98.3 Å². The Hall–Kier alpha value is -0.890. The van der Waals surface area contributed by atoms with Gasteiger partial charge in [0, 0.05) is 17.9 Å². The van der Waals surface area contributed by atoms with E-state index < -0.39 is 0 Å². The minimum Gasteiger partial charge on any atom is -0.324 e. The molecule has 1 aliphatic carbocycles. The third-order valence-corrected chi connectivity index (χ3v) is 3.76. The summed E-state index contributed by atoms with van der Waals surface area (Å²) in [4.78, 5) is 4.31. The fraction of sp³-hybridized carbons (Fsp3) is 0.643. The van der Waals surface area contributed by atoms with Gasteiger partial charge in [-0.3, -0.25) is 4.98 Å². The summed E-state index contributed by atoms with van der Waals surface area (Å²) in [7, 11) is 0. The highest BCUT2D eigenvalue weighted by Gasteiger charge is 2.18. The first-order valence-corrected chi connectivity index (χ1v) is 6.44. The number of aryl methyl sites for hydroxylation is 1. The monoisotopic (exact) mass is 218 g/mol. The van der Waals surface area contributed by atoms with Crippen molar-refractivity contribution in [3.63, 3.8) is 0 Å². The van der Waals surface area contributed by atoms with Crippen molar-refractivity contribution in [2.45, 2.75) is 51.5 Å². The van der Waals surface area contributed by atoms with Crippen LogP contribution in [0.4, 0.5) is 0 Å². The molecule has 2 N–H and O–H groups in total. The van der Waals surface area contributed by atoms with Gasteiger partial charge in [0.05, 0.1) is 0 Å². The highest BCUT2D eigenvalue weighted by Crippen LogP contribution is 2.31.